The van der Waals surface area contributed by atoms with Crippen LogP contribution in [0, 0.1) is 0 Å². The van der Waals surface area contributed by atoms with Crippen molar-refractivity contribution in [1.82, 2.24) is 0 Å². The van der Waals surface area contributed by atoms with Gasteiger partial charge < -0.3 is 4.55 Å². The summed E-state index contributed by atoms with van der Waals surface area (Å²) in [4.78, 5) is -2.01. The Balaban J connectivity index is 0.00000289. The minimum absolute atomic E-state index is 0. The van der Waals surface area contributed by atoms with Gasteiger partial charge in [-0.25, -0.2) is 8.42 Å². The van der Waals surface area contributed by atoms with Gasteiger partial charge >= 0.3 is 232 Å². The topological polar surface area (TPSA) is 229 Å². The minimum Gasteiger partial charge on any atom is 1.00 e. The van der Waals surface area contributed by atoms with E-state index in [-0.39, 0.29) is 70.6 Å². The van der Waals surface area contributed by atoms with E-state index in [0.29, 0.717) is 18.2 Å². The van der Waals surface area contributed by atoms with Crippen LogP contribution in [0.5, 0.6) is 17.2 Å². The monoisotopic (exact) mass is 592 g/mol. The molecule has 0 saturated carbocycles. The molecule has 4 N–H and O–H groups in total. The van der Waals surface area contributed by atoms with Crippen molar-refractivity contribution in [1.29, 1.82) is 0 Å². The maximum Gasteiger partial charge on any atom is 1.00 e. The van der Waals surface area contributed by atoms with E-state index in [1.54, 1.807) is 0 Å². The molecular weight excluding hydrogens is 581 g/mol. The number of fused-ring (bicyclic) bond motifs is 1. The number of azo groups is 1. The fourth-order valence-corrected chi connectivity index (χ4v) is 4.54. The second-order valence-electron chi connectivity index (χ2n) is 6.03. The molecule has 0 aliphatic heterocycles. The summed E-state index contributed by atoms with van der Waals surface area (Å²) in [5.74, 6) is -2.34. The molecule has 0 heterocycles. The Morgan fingerprint density at radius 1 is 0.971 bits per heavy atom. The fourth-order valence-electron chi connectivity index (χ4n) is 2.67. The number of hydrogen-bond acceptors (Lipinski definition) is 12. The molecule has 0 aromatic heterocycles. The third kappa shape index (κ3) is 7.13. The van der Waals surface area contributed by atoms with E-state index in [1.165, 1.54) is 24.3 Å². The number of rotatable bonds is 6. The van der Waals surface area contributed by atoms with Crippen LogP contribution in [-0.2, 0) is 20.2 Å². The predicted octanol–water partition coefficient (Wildman–Crippen LogP) is -5.46. The molecule has 34 heavy (non-hydrogen) atoms. The van der Waals surface area contributed by atoms with E-state index in [1.807, 2.05) is 0 Å². The molecule has 0 aliphatic carbocycles. The molecule has 3 aromatic carbocycles. The van der Waals surface area contributed by atoms with Crippen molar-refractivity contribution in [2.75, 3.05) is 0 Å². The molecule has 0 fully saturated rings. The molecule has 0 unspecified atom stereocenters. The first-order chi connectivity index (χ1) is 14.8. The van der Waals surface area contributed by atoms with E-state index in [9.17, 15) is 36.2 Å². The van der Waals surface area contributed by atoms with E-state index >= 15 is 0 Å². The van der Waals surface area contributed by atoms with Gasteiger partial charge in [-0.3, -0.25) is 0 Å². The SMILES string of the molecule is O=S(=O)([O-])c1cc(O)c2c([O-])c(N=Nc3ccccc3O[As](O)O)c(S(=O)(=O)O)cc2c1.[Na+].[Na+]. The summed E-state index contributed by atoms with van der Waals surface area (Å²) in [6.45, 7) is 0. The molecule has 13 nitrogen and oxygen atoms in total. The standard InChI is InChI=1S/C16H13AsN2O11S2.2Na/c20-11-7-9(31(24,25)26)5-8-6-13(32(27,28)29)15(16(21)14(8)11)19-18-10-3-1-2-4-12(10)30-17(22)23;;/h1-7,20-23H,(H,24,25,26)(H,27,28,29);;/q;2*+1/p-2. The Kier molecular flexibility index (Phi) is 11.0. The van der Waals surface area contributed by atoms with Gasteiger partial charge in [-0.2, -0.15) is 0 Å². The number of hydrogen-bond donors (Lipinski definition) is 4. The average molecular weight is 592 g/mol. The Bertz CT molecular complexity index is 1470. The number of nitrogens with zero attached hydrogens (tertiary/aromatic N) is 2. The van der Waals surface area contributed by atoms with Crippen molar-refractivity contribution >= 4 is 58.1 Å². The Hall–Kier alpha value is -0.782. The maximum atomic E-state index is 12.8. The normalized spacial score (nSPS) is 11.9. The van der Waals surface area contributed by atoms with E-state index in [4.69, 9.17) is 11.9 Å². The molecule has 0 radical (unpaired) electrons. The van der Waals surface area contributed by atoms with Crippen LogP contribution in [0.2, 0.25) is 0 Å². The zero-order valence-electron chi connectivity index (χ0n) is 17.3. The van der Waals surface area contributed by atoms with Crippen LogP contribution in [0.15, 0.2) is 62.5 Å². The predicted molar refractivity (Wildman–Crippen MR) is 104 cm³/mol. The quantitative estimate of drug-likeness (QED) is 0.120. The Morgan fingerprint density at radius 2 is 1.59 bits per heavy atom. The summed E-state index contributed by atoms with van der Waals surface area (Å²) in [5, 5.41) is 29.1. The van der Waals surface area contributed by atoms with Gasteiger partial charge in [-0.1, -0.05) is 0 Å². The van der Waals surface area contributed by atoms with Gasteiger partial charge in [0.15, 0.2) is 0 Å². The van der Waals surface area contributed by atoms with Crippen LogP contribution in [0.4, 0.5) is 11.4 Å². The molecule has 0 atom stereocenters. The van der Waals surface area contributed by atoms with Crippen molar-refractivity contribution in [3.8, 4) is 17.2 Å². The van der Waals surface area contributed by atoms with Gasteiger partial charge in [-0.15, -0.1) is 0 Å². The first kappa shape index (κ1) is 31.2. The first-order valence-electron chi connectivity index (χ1n) is 8.10. The Labute approximate surface area is 242 Å². The van der Waals surface area contributed by atoms with Crippen molar-refractivity contribution in [2.45, 2.75) is 9.79 Å². The summed E-state index contributed by atoms with van der Waals surface area (Å²) in [6.07, 6.45) is 0. The molecule has 170 valence electrons. The minimum atomic E-state index is -5.11. The van der Waals surface area contributed by atoms with Gasteiger partial charge in [0.05, 0.1) is 0 Å². The molecular formula is C16H11AsN2Na2O11S2. The molecule has 18 heteroatoms. The summed E-state index contributed by atoms with van der Waals surface area (Å²) in [6, 6.07) is 7.31. The average Bonchev–Trinajstić information content (AvgIpc) is 2.65. The largest absolute Gasteiger partial charge is 1.00 e. The van der Waals surface area contributed by atoms with Gasteiger partial charge in [0.1, 0.15) is 0 Å². The molecule has 3 aromatic rings. The third-order valence-corrected chi connectivity index (χ3v) is 6.39. The number of aromatic hydroxyl groups is 1. The summed E-state index contributed by atoms with van der Waals surface area (Å²) >= 11 is -3.60. The molecule has 0 amide bonds. The van der Waals surface area contributed by atoms with Gasteiger partial charge in [-0.05, 0) is 0 Å². The van der Waals surface area contributed by atoms with Crippen LogP contribution in [0.1, 0.15) is 0 Å². The van der Waals surface area contributed by atoms with Crippen molar-refractivity contribution in [3.63, 3.8) is 0 Å². The van der Waals surface area contributed by atoms with E-state index in [0.717, 1.165) is 0 Å². The van der Waals surface area contributed by atoms with Gasteiger partial charge in [0.2, 0.25) is 0 Å². The molecule has 3 rings (SSSR count). The van der Waals surface area contributed by atoms with E-state index in [2.05, 4.69) is 10.2 Å². The smallest absolute Gasteiger partial charge is 1.00 e. The fraction of sp³-hybridized carbons (Fsp3) is 0. The summed E-state index contributed by atoms with van der Waals surface area (Å²) < 4.78 is 89.9. The van der Waals surface area contributed by atoms with E-state index < -0.39 is 73.7 Å². The number of para-hydroxylation sites is 1. The van der Waals surface area contributed by atoms with Crippen molar-refractivity contribution in [3.05, 3.63) is 42.5 Å². The van der Waals surface area contributed by atoms with Gasteiger partial charge in [0.25, 0.3) is 0 Å². The molecule has 0 saturated heterocycles. The zero-order valence-corrected chi connectivity index (χ0v) is 24.9. The van der Waals surface area contributed by atoms with Crippen LogP contribution < -0.4 is 67.9 Å². The van der Waals surface area contributed by atoms with Crippen molar-refractivity contribution < 1.29 is 107 Å². The van der Waals surface area contributed by atoms with Crippen LogP contribution >= 0.6 is 0 Å². The maximum absolute atomic E-state index is 12.8. The zero-order chi connectivity index (χ0) is 23.8. The summed E-state index contributed by atoms with van der Waals surface area (Å²) in [7, 11) is -10.2. The van der Waals surface area contributed by atoms with Crippen LogP contribution in [-0.4, -0.2) is 54.9 Å². The molecule has 0 bridgehead atoms. The van der Waals surface area contributed by atoms with Crippen molar-refractivity contribution in [2.24, 2.45) is 10.2 Å². The second kappa shape index (κ2) is 12.0. The van der Waals surface area contributed by atoms with Crippen LogP contribution in [0.25, 0.3) is 10.8 Å². The number of phenols is 1. The number of benzene rings is 3. The number of phenolic OH excluding ortho intramolecular Hbond substituents is 1. The third-order valence-electron chi connectivity index (χ3n) is 3.95. The Morgan fingerprint density at radius 3 is 2.15 bits per heavy atom. The molecule has 0 spiro atoms. The van der Waals surface area contributed by atoms with Crippen LogP contribution in [0.3, 0.4) is 0 Å². The molecule has 0 aliphatic rings. The second-order valence-corrected chi connectivity index (χ2v) is 10.2. The first-order valence-corrected chi connectivity index (χ1v) is 13.4. The summed E-state index contributed by atoms with van der Waals surface area (Å²) in [5.41, 5.74) is -1.07. The van der Waals surface area contributed by atoms with Gasteiger partial charge in [0, 0.05) is 0 Å².